The minimum Gasteiger partial charge on any atom is -0.354 e. The molecule has 2 aliphatic heterocycles. The predicted molar refractivity (Wildman–Crippen MR) is 97.6 cm³/mol. The van der Waals surface area contributed by atoms with Crippen LogP contribution in [0.15, 0.2) is 36.8 Å². The van der Waals surface area contributed by atoms with Crippen LogP contribution in [0.3, 0.4) is 0 Å². The summed E-state index contributed by atoms with van der Waals surface area (Å²) in [5.74, 6) is 2.37. The highest BCUT2D eigenvalue weighted by Gasteiger charge is 2.35. The van der Waals surface area contributed by atoms with Gasteiger partial charge in [-0.05, 0) is 25.0 Å². The monoisotopic (exact) mass is 338 g/mol. The number of likely N-dealkylation sites (tertiary alicyclic amines) is 1. The average Bonchev–Trinajstić information content (AvgIpc) is 3.37. The molecule has 2 saturated heterocycles. The van der Waals surface area contributed by atoms with Crippen LogP contribution in [0.2, 0.25) is 0 Å². The lowest BCUT2D eigenvalue weighted by Crippen LogP contribution is -2.62. The molecule has 0 N–H and O–H groups in total. The summed E-state index contributed by atoms with van der Waals surface area (Å²) < 4.78 is 2.39. The molecule has 0 spiro atoms. The van der Waals surface area contributed by atoms with Crippen LogP contribution in [-0.4, -0.2) is 69.6 Å². The van der Waals surface area contributed by atoms with Crippen molar-refractivity contribution in [2.45, 2.75) is 31.5 Å². The summed E-state index contributed by atoms with van der Waals surface area (Å²) in [7, 11) is 0. The van der Waals surface area contributed by atoms with Crippen LogP contribution in [0.4, 0.5) is 5.82 Å². The molecule has 5 rings (SSSR count). The van der Waals surface area contributed by atoms with Gasteiger partial charge in [0.05, 0.1) is 6.54 Å². The number of hydrogen-bond acceptors (Lipinski definition) is 5. The van der Waals surface area contributed by atoms with Gasteiger partial charge in [0.15, 0.2) is 0 Å². The first-order valence-corrected chi connectivity index (χ1v) is 9.51. The van der Waals surface area contributed by atoms with Crippen molar-refractivity contribution in [2.75, 3.05) is 44.2 Å². The van der Waals surface area contributed by atoms with E-state index < -0.39 is 0 Å². The molecule has 1 saturated carbocycles. The van der Waals surface area contributed by atoms with Gasteiger partial charge in [0.25, 0.3) is 0 Å². The molecule has 0 amide bonds. The molecular formula is C19H26N6. The molecule has 6 heteroatoms. The van der Waals surface area contributed by atoms with Gasteiger partial charge in [-0.2, -0.15) is 0 Å². The Labute approximate surface area is 149 Å². The highest BCUT2D eigenvalue weighted by atomic mass is 15.4. The lowest BCUT2D eigenvalue weighted by molar-refractivity contribution is 0.0233. The Kier molecular flexibility index (Phi) is 3.94. The second kappa shape index (κ2) is 6.42. The second-order valence-corrected chi connectivity index (χ2v) is 7.54. The first kappa shape index (κ1) is 15.3. The molecule has 132 valence electrons. The second-order valence-electron chi connectivity index (χ2n) is 7.54. The van der Waals surface area contributed by atoms with E-state index in [1.807, 2.05) is 18.5 Å². The van der Waals surface area contributed by atoms with Gasteiger partial charge >= 0.3 is 0 Å². The zero-order valence-corrected chi connectivity index (χ0v) is 14.7. The van der Waals surface area contributed by atoms with Crippen LogP contribution < -0.4 is 4.90 Å². The Hall–Kier alpha value is -1.92. The van der Waals surface area contributed by atoms with Gasteiger partial charge < -0.3 is 9.47 Å². The number of aromatic nitrogens is 3. The lowest BCUT2D eigenvalue weighted by Gasteiger charge is -2.48. The largest absolute Gasteiger partial charge is 0.354 e. The van der Waals surface area contributed by atoms with Gasteiger partial charge in [-0.1, -0.05) is 6.07 Å². The van der Waals surface area contributed by atoms with Gasteiger partial charge in [0.1, 0.15) is 11.6 Å². The molecule has 0 bridgehead atoms. The smallest absolute Gasteiger partial charge is 0.128 e. The third kappa shape index (κ3) is 3.16. The van der Waals surface area contributed by atoms with E-state index in [0.717, 1.165) is 50.6 Å². The standard InChI is InChI=1S/C19H26N6/c1-2-6-20-18(3-1)24-11-9-23(10-12-24)17-13-22(14-17)15-19-21-7-8-25(19)16-4-5-16/h1-3,6-8,16-17H,4-5,9-15H2. The summed E-state index contributed by atoms with van der Waals surface area (Å²) in [5.41, 5.74) is 0. The van der Waals surface area contributed by atoms with Crippen LogP contribution in [0.5, 0.6) is 0 Å². The molecule has 25 heavy (non-hydrogen) atoms. The maximum Gasteiger partial charge on any atom is 0.128 e. The maximum absolute atomic E-state index is 4.57. The third-order valence-corrected chi connectivity index (χ3v) is 5.80. The van der Waals surface area contributed by atoms with Crippen LogP contribution in [0.1, 0.15) is 24.7 Å². The Morgan fingerprint density at radius 3 is 2.48 bits per heavy atom. The Balaban J connectivity index is 1.10. The van der Waals surface area contributed by atoms with Crippen molar-refractivity contribution in [3.05, 3.63) is 42.6 Å². The van der Waals surface area contributed by atoms with Crippen molar-refractivity contribution in [1.29, 1.82) is 0 Å². The molecule has 0 radical (unpaired) electrons. The summed E-state index contributed by atoms with van der Waals surface area (Å²) in [5, 5.41) is 0. The van der Waals surface area contributed by atoms with Crippen molar-refractivity contribution in [3.8, 4) is 0 Å². The lowest BCUT2D eigenvalue weighted by atomic mass is 10.1. The van der Waals surface area contributed by atoms with E-state index in [9.17, 15) is 0 Å². The first-order chi connectivity index (χ1) is 12.4. The maximum atomic E-state index is 4.57. The molecule has 0 aromatic carbocycles. The molecule has 3 aliphatic rings. The van der Waals surface area contributed by atoms with Crippen LogP contribution in [0.25, 0.3) is 0 Å². The molecule has 0 unspecified atom stereocenters. The zero-order chi connectivity index (χ0) is 16.6. The summed E-state index contributed by atoms with van der Waals surface area (Å²) in [6, 6.07) is 7.62. The van der Waals surface area contributed by atoms with E-state index in [1.54, 1.807) is 0 Å². The molecule has 3 fully saturated rings. The Morgan fingerprint density at radius 1 is 0.920 bits per heavy atom. The topological polar surface area (TPSA) is 40.4 Å². The van der Waals surface area contributed by atoms with Crippen molar-refractivity contribution < 1.29 is 0 Å². The number of anilines is 1. The SMILES string of the molecule is c1ccc(N2CCN(C3CN(Cc4nccn4C4CC4)C3)CC2)nc1. The number of imidazole rings is 1. The summed E-state index contributed by atoms with van der Waals surface area (Å²) >= 11 is 0. The van der Waals surface area contributed by atoms with Gasteiger partial charge in [0.2, 0.25) is 0 Å². The van der Waals surface area contributed by atoms with E-state index in [1.165, 1.54) is 31.8 Å². The molecule has 2 aromatic rings. The minimum atomic E-state index is 0.718. The molecule has 4 heterocycles. The third-order valence-electron chi connectivity index (χ3n) is 5.80. The van der Waals surface area contributed by atoms with Crippen molar-refractivity contribution in [1.82, 2.24) is 24.3 Å². The van der Waals surface area contributed by atoms with Crippen molar-refractivity contribution >= 4 is 5.82 Å². The van der Waals surface area contributed by atoms with E-state index in [-0.39, 0.29) is 0 Å². The van der Waals surface area contributed by atoms with Gasteiger partial charge in [0, 0.05) is 69.9 Å². The van der Waals surface area contributed by atoms with E-state index in [0.29, 0.717) is 0 Å². The van der Waals surface area contributed by atoms with Crippen LogP contribution in [-0.2, 0) is 6.54 Å². The first-order valence-electron chi connectivity index (χ1n) is 9.51. The number of piperazine rings is 1. The predicted octanol–water partition coefficient (Wildman–Crippen LogP) is 1.62. The van der Waals surface area contributed by atoms with Crippen molar-refractivity contribution in [3.63, 3.8) is 0 Å². The highest BCUT2D eigenvalue weighted by molar-refractivity contribution is 5.38. The van der Waals surface area contributed by atoms with Crippen LogP contribution in [0, 0.1) is 0 Å². The van der Waals surface area contributed by atoms with E-state index in [2.05, 4.69) is 47.6 Å². The van der Waals surface area contributed by atoms with Gasteiger partial charge in [-0.25, -0.2) is 9.97 Å². The van der Waals surface area contributed by atoms with Gasteiger partial charge in [-0.15, -0.1) is 0 Å². The summed E-state index contributed by atoms with van der Waals surface area (Å²) in [4.78, 5) is 16.6. The van der Waals surface area contributed by atoms with Gasteiger partial charge in [-0.3, -0.25) is 9.80 Å². The van der Waals surface area contributed by atoms with E-state index in [4.69, 9.17) is 0 Å². The average molecular weight is 338 g/mol. The Morgan fingerprint density at radius 2 is 1.76 bits per heavy atom. The molecule has 6 nitrogen and oxygen atoms in total. The van der Waals surface area contributed by atoms with E-state index >= 15 is 0 Å². The fourth-order valence-electron chi connectivity index (χ4n) is 4.11. The molecule has 2 aromatic heterocycles. The summed E-state index contributed by atoms with van der Waals surface area (Å²) in [6.45, 7) is 7.83. The zero-order valence-electron chi connectivity index (χ0n) is 14.7. The summed E-state index contributed by atoms with van der Waals surface area (Å²) in [6.07, 6.45) is 8.65. The fraction of sp³-hybridized carbons (Fsp3) is 0.579. The molecule has 1 aliphatic carbocycles. The number of hydrogen-bond donors (Lipinski definition) is 0. The molecular weight excluding hydrogens is 312 g/mol. The minimum absolute atomic E-state index is 0.718. The number of pyridine rings is 1. The Bertz CT molecular complexity index is 696. The number of nitrogens with zero attached hydrogens (tertiary/aromatic N) is 6. The quantitative estimate of drug-likeness (QED) is 0.829. The molecule has 0 atom stereocenters. The normalized spacial score (nSPS) is 23.0. The number of rotatable bonds is 5. The fourth-order valence-corrected chi connectivity index (χ4v) is 4.11. The van der Waals surface area contributed by atoms with Crippen molar-refractivity contribution in [2.24, 2.45) is 0 Å². The van der Waals surface area contributed by atoms with Crippen LogP contribution >= 0.6 is 0 Å². The highest BCUT2D eigenvalue weighted by Crippen LogP contribution is 2.36.